The van der Waals surface area contributed by atoms with Crippen LogP contribution in [0.1, 0.15) is 18.7 Å². The number of anilines is 1. The van der Waals surface area contributed by atoms with Crippen LogP contribution in [0.4, 0.5) is 5.69 Å². The predicted molar refractivity (Wildman–Crippen MR) is 138 cm³/mol. The molecule has 4 aromatic rings. The molecule has 1 saturated heterocycles. The SMILES string of the molecule is COc1ccc(NC(=O)[C@@H]2CCCN(Cc3nc4ccccc4n3-c3ccc(Br)cc3)C2)cc1. The smallest absolute Gasteiger partial charge is 0.228 e. The van der Waals surface area contributed by atoms with Crippen LogP contribution >= 0.6 is 15.9 Å². The Morgan fingerprint density at radius 1 is 1.09 bits per heavy atom. The number of benzene rings is 3. The summed E-state index contributed by atoms with van der Waals surface area (Å²) < 4.78 is 8.47. The number of aromatic nitrogens is 2. The summed E-state index contributed by atoms with van der Waals surface area (Å²) in [4.78, 5) is 20.3. The summed E-state index contributed by atoms with van der Waals surface area (Å²) >= 11 is 3.53. The first-order chi connectivity index (χ1) is 16.6. The van der Waals surface area contributed by atoms with Gasteiger partial charge in [0.15, 0.2) is 0 Å². The minimum atomic E-state index is -0.0543. The van der Waals surface area contributed by atoms with Gasteiger partial charge in [-0.25, -0.2) is 4.98 Å². The van der Waals surface area contributed by atoms with Gasteiger partial charge >= 0.3 is 0 Å². The Morgan fingerprint density at radius 3 is 2.62 bits per heavy atom. The molecule has 0 saturated carbocycles. The van der Waals surface area contributed by atoms with Gasteiger partial charge in [0.05, 0.1) is 30.6 Å². The number of amides is 1. The molecule has 0 bridgehead atoms. The van der Waals surface area contributed by atoms with Gasteiger partial charge in [-0.2, -0.15) is 0 Å². The molecule has 1 amide bonds. The number of imidazole rings is 1. The van der Waals surface area contributed by atoms with Crippen molar-refractivity contribution in [1.29, 1.82) is 0 Å². The summed E-state index contributed by atoms with van der Waals surface area (Å²) in [7, 11) is 1.63. The molecule has 1 atom stereocenters. The van der Waals surface area contributed by atoms with Crippen molar-refractivity contribution in [3.05, 3.63) is 83.1 Å². The average molecular weight is 519 g/mol. The molecule has 6 nitrogen and oxygen atoms in total. The highest BCUT2D eigenvalue weighted by Crippen LogP contribution is 2.26. The summed E-state index contributed by atoms with van der Waals surface area (Å²) in [6.45, 7) is 2.36. The lowest BCUT2D eigenvalue weighted by Crippen LogP contribution is -2.40. The summed E-state index contributed by atoms with van der Waals surface area (Å²) in [6.07, 6.45) is 1.88. The zero-order chi connectivity index (χ0) is 23.5. The number of likely N-dealkylation sites (tertiary alicyclic amines) is 1. The molecule has 174 valence electrons. The van der Waals surface area contributed by atoms with Crippen LogP contribution in [-0.4, -0.2) is 40.6 Å². The van der Waals surface area contributed by atoms with Crippen LogP contribution in [0, 0.1) is 5.92 Å². The first-order valence-electron chi connectivity index (χ1n) is 11.5. The van der Waals surface area contributed by atoms with E-state index in [0.29, 0.717) is 13.1 Å². The molecule has 0 unspecified atom stereocenters. The number of nitrogens with one attached hydrogen (secondary N) is 1. The van der Waals surface area contributed by atoms with E-state index in [1.54, 1.807) is 7.11 Å². The van der Waals surface area contributed by atoms with E-state index in [2.05, 4.69) is 55.0 Å². The maximum Gasteiger partial charge on any atom is 0.228 e. The van der Waals surface area contributed by atoms with E-state index in [9.17, 15) is 4.79 Å². The van der Waals surface area contributed by atoms with Gasteiger partial charge in [-0.1, -0.05) is 28.1 Å². The van der Waals surface area contributed by atoms with Gasteiger partial charge in [0.25, 0.3) is 0 Å². The number of hydrogen-bond donors (Lipinski definition) is 1. The molecule has 0 aliphatic carbocycles. The number of para-hydroxylation sites is 2. The van der Waals surface area contributed by atoms with Crippen LogP contribution in [0.5, 0.6) is 5.75 Å². The van der Waals surface area contributed by atoms with Crippen molar-refractivity contribution in [3.63, 3.8) is 0 Å². The van der Waals surface area contributed by atoms with Gasteiger partial charge in [-0.15, -0.1) is 0 Å². The Hall–Kier alpha value is -3.16. The van der Waals surface area contributed by atoms with Gasteiger partial charge < -0.3 is 10.1 Å². The van der Waals surface area contributed by atoms with Gasteiger partial charge in [0, 0.05) is 22.4 Å². The van der Waals surface area contributed by atoms with E-state index in [-0.39, 0.29) is 11.8 Å². The molecule has 5 rings (SSSR count). The first-order valence-corrected chi connectivity index (χ1v) is 12.3. The maximum absolute atomic E-state index is 13.0. The van der Waals surface area contributed by atoms with Crippen LogP contribution in [0.2, 0.25) is 0 Å². The normalized spacial score (nSPS) is 16.5. The number of fused-ring (bicyclic) bond motifs is 1. The fourth-order valence-corrected chi connectivity index (χ4v) is 4.86. The molecule has 2 heterocycles. The topological polar surface area (TPSA) is 59.4 Å². The van der Waals surface area contributed by atoms with E-state index in [1.807, 2.05) is 48.5 Å². The van der Waals surface area contributed by atoms with Crippen LogP contribution in [0.3, 0.4) is 0 Å². The Labute approximate surface area is 207 Å². The second-order valence-corrected chi connectivity index (χ2v) is 9.54. The van der Waals surface area contributed by atoms with E-state index in [0.717, 1.165) is 57.8 Å². The number of halogens is 1. The monoisotopic (exact) mass is 518 g/mol. The number of hydrogen-bond acceptors (Lipinski definition) is 4. The van der Waals surface area contributed by atoms with E-state index < -0.39 is 0 Å². The minimum absolute atomic E-state index is 0.0543. The standard InChI is InChI=1S/C27H27BrN4O2/c1-34-23-14-10-21(11-15-23)29-27(33)19-5-4-16-31(17-19)18-26-30-24-6-2-3-7-25(24)32(26)22-12-8-20(28)9-13-22/h2-3,6-15,19H,4-5,16-18H2,1H3,(H,29,33)/t19-/m1/s1. The fraction of sp³-hybridized carbons (Fsp3) is 0.259. The van der Waals surface area contributed by atoms with Crippen molar-refractivity contribution >= 4 is 38.6 Å². The lowest BCUT2D eigenvalue weighted by atomic mass is 9.97. The molecule has 3 aromatic carbocycles. The Bertz CT molecular complexity index is 1280. The molecule has 1 N–H and O–H groups in total. The fourth-order valence-electron chi connectivity index (χ4n) is 4.59. The number of ether oxygens (including phenoxy) is 1. The van der Waals surface area contributed by atoms with Crippen LogP contribution < -0.4 is 10.1 Å². The summed E-state index contributed by atoms with van der Waals surface area (Å²) in [5, 5.41) is 3.06. The third-order valence-corrected chi connectivity index (χ3v) is 6.84. The van der Waals surface area contributed by atoms with Gasteiger partial charge in [-0.05, 0) is 80.1 Å². The summed E-state index contributed by atoms with van der Waals surface area (Å²) in [6, 6.07) is 24.0. The van der Waals surface area contributed by atoms with Gasteiger partial charge in [-0.3, -0.25) is 14.3 Å². The molecule has 34 heavy (non-hydrogen) atoms. The lowest BCUT2D eigenvalue weighted by Gasteiger charge is -2.31. The number of nitrogens with zero attached hydrogens (tertiary/aromatic N) is 3. The van der Waals surface area contributed by atoms with Crippen molar-refractivity contribution in [1.82, 2.24) is 14.5 Å². The van der Waals surface area contributed by atoms with E-state index >= 15 is 0 Å². The number of piperidine rings is 1. The molecule has 1 fully saturated rings. The quantitative estimate of drug-likeness (QED) is 0.358. The zero-order valence-electron chi connectivity index (χ0n) is 19.1. The average Bonchev–Trinajstić information content (AvgIpc) is 3.23. The number of carbonyl (C=O) groups excluding carboxylic acids is 1. The highest BCUT2D eigenvalue weighted by molar-refractivity contribution is 9.10. The third kappa shape index (κ3) is 4.86. The first kappa shape index (κ1) is 22.6. The van der Waals surface area contributed by atoms with Crippen LogP contribution in [-0.2, 0) is 11.3 Å². The van der Waals surface area contributed by atoms with E-state index in [1.165, 1.54) is 0 Å². The number of rotatable bonds is 6. The molecule has 7 heteroatoms. The second kappa shape index (κ2) is 9.99. The Balaban J connectivity index is 1.34. The minimum Gasteiger partial charge on any atom is -0.497 e. The zero-order valence-corrected chi connectivity index (χ0v) is 20.7. The van der Waals surface area contributed by atoms with Gasteiger partial charge in [0.1, 0.15) is 11.6 Å². The van der Waals surface area contributed by atoms with Crippen molar-refractivity contribution in [2.75, 3.05) is 25.5 Å². The van der Waals surface area contributed by atoms with Crippen molar-refractivity contribution in [2.24, 2.45) is 5.92 Å². The molecular weight excluding hydrogens is 492 g/mol. The molecule has 0 spiro atoms. The predicted octanol–water partition coefficient (Wildman–Crippen LogP) is 5.65. The molecular formula is C27H27BrN4O2. The number of carbonyl (C=O) groups is 1. The second-order valence-electron chi connectivity index (χ2n) is 8.62. The number of methoxy groups -OCH3 is 1. The summed E-state index contributed by atoms with van der Waals surface area (Å²) in [5.74, 6) is 1.77. The van der Waals surface area contributed by atoms with Crippen LogP contribution in [0.15, 0.2) is 77.3 Å². The third-order valence-electron chi connectivity index (χ3n) is 6.31. The van der Waals surface area contributed by atoms with Gasteiger partial charge in [0.2, 0.25) is 5.91 Å². The van der Waals surface area contributed by atoms with E-state index in [4.69, 9.17) is 9.72 Å². The van der Waals surface area contributed by atoms with Crippen molar-refractivity contribution < 1.29 is 9.53 Å². The summed E-state index contributed by atoms with van der Waals surface area (Å²) in [5.41, 5.74) is 3.94. The highest BCUT2D eigenvalue weighted by Gasteiger charge is 2.27. The highest BCUT2D eigenvalue weighted by atomic mass is 79.9. The maximum atomic E-state index is 13.0. The Morgan fingerprint density at radius 2 is 1.85 bits per heavy atom. The molecule has 1 aromatic heterocycles. The van der Waals surface area contributed by atoms with Crippen LogP contribution in [0.25, 0.3) is 16.7 Å². The molecule has 1 aliphatic heterocycles. The molecule has 1 aliphatic rings. The largest absolute Gasteiger partial charge is 0.497 e. The molecule has 0 radical (unpaired) electrons. The Kier molecular flexibility index (Phi) is 6.65. The lowest BCUT2D eigenvalue weighted by molar-refractivity contribution is -0.121. The van der Waals surface area contributed by atoms with Crippen molar-refractivity contribution in [3.8, 4) is 11.4 Å². The van der Waals surface area contributed by atoms with Crippen molar-refractivity contribution in [2.45, 2.75) is 19.4 Å².